The van der Waals surface area contributed by atoms with Gasteiger partial charge in [0.1, 0.15) is 11.5 Å². The number of aliphatic carboxylic acids is 1. The predicted molar refractivity (Wildman–Crippen MR) is 93.7 cm³/mol. The number of amides is 1. The highest BCUT2D eigenvalue weighted by Crippen LogP contribution is 2.38. The lowest BCUT2D eigenvalue weighted by Gasteiger charge is -2.44. The van der Waals surface area contributed by atoms with Crippen LogP contribution in [0.5, 0.6) is 0 Å². The number of carbonyl (C=O) groups excluding carboxylic acids is 1. The number of halogens is 2. The first kappa shape index (κ1) is 19.1. The van der Waals surface area contributed by atoms with Crippen molar-refractivity contribution in [2.45, 2.75) is 38.0 Å². The molecule has 2 aliphatic heterocycles. The summed E-state index contributed by atoms with van der Waals surface area (Å²) in [5.41, 5.74) is -1.20. The number of carboxylic acid groups (broad SMARTS) is 1. The Morgan fingerprint density at radius 2 is 2.08 bits per heavy atom. The molecule has 1 aromatic carbocycles. The van der Waals surface area contributed by atoms with Crippen molar-refractivity contribution in [1.82, 2.24) is 9.80 Å². The fourth-order valence-electron chi connectivity index (χ4n) is 3.79. The van der Waals surface area contributed by atoms with Gasteiger partial charge in [0, 0.05) is 31.0 Å². The number of rotatable bonds is 4. The Labute approximate surface area is 156 Å². The molecule has 0 saturated carbocycles. The van der Waals surface area contributed by atoms with Crippen LogP contribution in [-0.4, -0.2) is 64.8 Å². The second-order valence-electron chi connectivity index (χ2n) is 6.75. The summed E-state index contributed by atoms with van der Waals surface area (Å²) in [5.74, 6) is -2.59. The number of hydrogen-bond acceptors (Lipinski definition) is 4. The van der Waals surface area contributed by atoms with E-state index in [-0.39, 0.29) is 17.2 Å². The van der Waals surface area contributed by atoms with Crippen LogP contribution in [0.25, 0.3) is 0 Å². The second-order valence-corrected chi connectivity index (χ2v) is 7.19. The van der Waals surface area contributed by atoms with E-state index in [4.69, 9.17) is 16.3 Å². The molecule has 0 aliphatic carbocycles. The van der Waals surface area contributed by atoms with Gasteiger partial charge in [0.15, 0.2) is 6.04 Å². The van der Waals surface area contributed by atoms with Gasteiger partial charge in [0.2, 0.25) is 0 Å². The smallest absolute Gasteiger partial charge is 0.328 e. The molecule has 8 heteroatoms. The van der Waals surface area contributed by atoms with E-state index in [1.54, 1.807) is 0 Å². The number of carboxylic acids is 1. The summed E-state index contributed by atoms with van der Waals surface area (Å²) in [4.78, 5) is 28.2. The third-order valence-electron chi connectivity index (χ3n) is 5.10. The van der Waals surface area contributed by atoms with Gasteiger partial charge >= 0.3 is 5.97 Å². The molecule has 1 amide bonds. The van der Waals surface area contributed by atoms with Crippen LogP contribution in [0.3, 0.4) is 0 Å². The summed E-state index contributed by atoms with van der Waals surface area (Å²) in [7, 11) is 0. The average Bonchev–Trinajstić information content (AvgIpc) is 2.96. The second kappa shape index (κ2) is 7.50. The van der Waals surface area contributed by atoms with E-state index in [1.165, 1.54) is 17.0 Å². The minimum atomic E-state index is -1.15. The van der Waals surface area contributed by atoms with Gasteiger partial charge in [-0.1, -0.05) is 18.5 Å². The lowest BCUT2D eigenvalue weighted by molar-refractivity contribution is -0.143. The highest BCUT2D eigenvalue weighted by atomic mass is 35.5. The molecule has 1 spiro atoms. The lowest BCUT2D eigenvalue weighted by Crippen LogP contribution is -2.58. The number of carbonyl (C=O) groups is 2. The fraction of sp³-hybridized carbons (Fsp3) is 0.556. The third kappa shape index (κ3) is 3.43. The van der Waals surface area contributed by atoms with Gasteiger partial charge < -0.3 is 14.7 Å². The van der Waals surface area contributed by atoms with Crippen LogP contribution >= 0.6 is 11.6 Å². The first-order valence-corrected chi connectivity index (χ1v) is 9.13. The van der Waals surface area contributed by atoms with E-state index >= 15 is 0 Å². The quantitative estimate of drug-likeness (QED) is 0.864. The first-order valence-electron chi connectivity index (χ1n) is 8.76. The Morgan fingerprint density at radius 3 is 2.65 bits per heavy atom. The van der Waals surface area contributed by atoms with E-state index in [9.17, 15) is 19.1 Å². The van der Waals surface area contributed by atoms with E-state index in [1.807, 2.05) is 0 Å². The highest BCUT2D eigenvalue weighted by molar-refractivity contribution is 6.30. The summed E-state index contributed by atoms with van der Waals surface area (Å²) >= 11 is 5.76. The molecule has 0 bridgehead atoms. The van der Waals surface area contributed by atoms with Gasteiger partial charge in [0.05, 0.1) is 12.2 Å². The molecular formula is C18H22ClFN2O4. The van der Waals surface area contributed by atoms with Crippen LogP contribution in [0.4, 0.5) is 4.39 Å². The fourth-order valence-corrected chi connectivity index (χ4v) is 3.95. The van der Waals surface area contributed by atoms with Gasteiger partial charge in [0.25, 0.3) is 5.91 Å². The summed E-state index contributed by atoms with van der Waals surface area (Å²) < 4.78 is 20.1. The molecule has 1 N–H and O–H groups in total. The van der Waals surface area contributed by atoms with E-state index in [0.29, 0.717) is 25.9 Å². The molecule has 0 radical (unpaired) electrons. The van der Waals surface area contributed by atoms with Crippen LogP contribution in [0.1, 0.15) is 36.5 Å². The molecule has 142 valence electrons. The van der Waals surface area contributed by atoms with E-state index in [2.05, 4.69) is 11.8 Å². The Balaban J connectivity index is 1.91. The van der Waals surface area contributed by atoms with Crippen molar-refractivity contribution in [1.29, 1.82) is 0 Å². The number of benzene rings is 1. The molecule has 2 aliphatic rings. The molecule has 3 rings (SSSR count). The Morgan fingerprint density at radius 1 is 1.38 bits per heavy atom. The van der Waals surface area contributed by atoms with Crippen molar-refractivity contribution in [3.63, 3.8) is 0 Å². The first-order chi connectivity index (χ1) is 12.4. The van der Waals surface area contributed by atoms with E-state index < -0.39 is 29.5 Å². The van der Waals surface area contributed by atoms with Crippen LogP contribution in [0.2, 0.25) is 5.02 Å². The van der Waals surface area contributed by atoms with Gasteiger partial charge in [-0.25, -0.2) is 9.18 Å². The molecule has 1 atom stereocenters. The summed E-state index contributed by atoms with van der Waals surface area (Å²) in [6.07, 6.45) is 2.01. The number of likely N-dealkylation sites (tertiary alicyclic amines) is 1. The highest BCUT2D eigenvalue weighted by Gasteiger charge is 2.54. The van der Waals surface area contributed by atoms with Crippen molar-refractivity contribution in [2.24, 2.45) is 0 Å². The summed E-state index contributed by atoms with van der Waals surface area (Å²) in [6, 6.07) is 2.63. The number of ether oxygens (including phenoxy) is 1. The predicted octanol–water partition coefficient (Wildman–Crippen LogP) is 2.61. The number of hydrogen-bond donors (Lipinski definition) is 1. The molecule has 0 aromatic heterocycles. The largest absolute Gasteiger partial charge is 0.480 e. The minimum absolute atomic E-state index is 0.0932. The third-order valence-corrected chi connectivity index (χ3v) is 5.34. The van der Waals surface area contributed by atoms with Gasteiger partial charge in [-0.15, -0.1) is 0 Å². The van der Waals surface area contributed by atoms with Crippen LogP contribution in [0, 0.1) is 5.82 Å². The number of piperidine rings is 1. The van der Waals surface area contributed by atoms with E-state index in [0.717, 1.165) is 19.0 Å². The maximum absolute atomic E-state index is 14.3. The summed E-state index contributed by atoms with van der Waals surface area (Å²) in [5, 5.41) is 9.72. The molecular weight excluding hydrogens is 363 g/mol. The standard InChI is InChI=1S/C18H22ClFN2O4/c1-2-7-21-8-5-18(6-9-21)22(15(11-26-18)17(24)25)16(23)13-4-3-12(19)10-14(13)20/h3-4,10,15H,2,5-9,11H2,1H3,(H,24,25)/t15-/m0/s1. The maximum Gasteiger partial charge on any atom is 0.328 e. The number of nitrogens with zero attached hydrogens (tertiary/aromatic N) is 2. The molecule has 26 heavy (non-hydrogen) atoms. The van der Waals surface area contributed by atoms with Crippen molar-refractivity contribution in [3.8, 4) is 0 Å². The molecule has 2 fully saturated rings. The van der Waals surface area contributed by atoms with Crippen molar-refractivity contribution in [3.05, 3.63) is 34.6 Å². The van der Waals surface area contributed by atoms with Gasteiger partial charge in [-0.2, -0.15) is 0 Å². The Kier molecular flexibility index (Phi) is 5.50. The molecule has 1 aromatic rings. The van der Waals surface area contributed by atoms with Crippen LogP contribution in [0.15, 0.2) is 18.2 Å². The molecule has 2 heterocycles. The molecule has 0 unspecified atom stereocenters. The monoisotopic (exact) mass is 384 g/mol. The Bertz CT molecular complexity index is 706. The normalized spacial score (nSPS) is 22.7. The van der Waals surface area contributed by atoms with Crippen molar-refractivity contribution >= 4 is 23.5 Å². The molecule has 6 nitrogen and oxygen atoms in total. The van der Waals surface area contributed by atoms with Gasteiger partial charge in [-0.3, -0.25) is 9.69 Å². The van der Waals surface area contributed by atoms with Crippen LogP contribution in [-0.2, 0) is 9.53 Å². The topological polar surface area (TPSA) is 70.1 Å². The minimum Gasteiger partial charge on any atom is -0.480 e. The zero-order valence-corrected chi connectivity index (χ0v) is 15.3. The van der Waals surface area contributed by atoms with Crippen LogP contribution < -0.4 is 0 Å². The Hall–Kier alpha value is -1.70. The SMILES string of the molecule is CCCN1CCC2(CC1)OC[C@@H](C(=O)O)N2C(=O)c1ccc(Cl)cc1F. The van der Waals surface area contributed by atoms with Crippen molar-refractivity contribution in [2.75, 3.05) is 26.2 Å². The summed E-state index contributed by atoms with van der Waals surface area (Å²) in [6.45, 7) is 4.35. The van der Waals surface area contributed by atoms with Gasteiger partial charge in [-0.05, 0) is 31.2 Å². The zero-order chi connectivity index (χ0) is 18.9. The van der Waals surface area contributed by atoms with Crippen molar-refractivity contribution < 1.29 is 23.8 Å². The maximum atomic E-state index is 14.3. The lowest BCUT2D eigenvalue weighted by atomic mass is 9.96. The average molecular weight is 385 g/mol. The molecule has 2 saturated heterocycles. The zero-order valence-electron chi connectivity index (χ0n) is 14.6.